The fourth-order valence-corrected chi connectivity index (χ4v) is 4.41. The highest BCUT2D eigenvalue weighted by atomic mass is 31.2. The van der Waals surface area contributed by atoms with Crippen molar-refractivity contribution >= 4 is 14.1 Å². The van der Waals surface area contributed by atoms with E-state index >= 15 is 0 Å². The fraction of sp³-hybridized carbons (Fsp3) is 0.667. The Kier molecular flexibility index (Phi) is 10.5. The summed E-state index contributed by atoms with van der Waals surface area (Å²) in [6.07, 6.45) is 6.22. The van der Waals surface area contributed by atoms with Gasteiger partial charge in [0.2, 0.25) is 0 Å². The topological polar surface area (TPSA) is 30.5 Å². The highest BCUT2D eigenvalue weighted by Gasteiger charge is 2.26. The predicted molar refractivity (Wildman–Crippen MR) is 97.7 cm³/mol. The van der Waals surface area contributed by atoms with Gasteiger partial charge in [0.15, 0.2) is 8.38 Å². The summed E-state index contributed by atoms with van der Waals surface area (Å²) in [5.41, 5.74) is 2.86. The van der Waals surface area contributed by atoms with Crippen LogP contribution >= 0.6 is 8.38 Å². The van der Waals surface area contributed by atoms with Crippen LogP contribution in [0.2, 0.25) is 0 Å². The first kappa shape index (κ1) is 19.4. The first-order valence-electron chi connectivity index (χ1n) is 8.60. The van der Waals surface area contributed by atoms with Gasteiger partial charge in [0, 0.05) is 12.7 Å². The minimum absolute atomic E-state index is 0.343. The molecule has 1 atom stereocenters. The maximum atomic E-state index is 5.97. The van der Waals surface area contributed by atoms with E-state index in [1.807, 2.05) is 20.9 Å². The van der Waals surface area contributed by atoms with Gasteiger partial charge < -0.3 is 14.4 Å². The number of anilines is 1. The number of hydrogen-bond donors (Lipinski definition) is 1. The summed E-state index contributed by atoms with van der Waals surface area (Å²) >= 11 is 0. The molecule has 1 unspecified atom stereocenters. The first-order valence-corrected chi connectivity index (χ1v) is 9.84. The highest BCUT2D eigenvalue weighted by Crippen LogP contribution is 2.56. The number of nitrogens with one attached hydrogen (secondary N) is 1. The van der Waals surface area contributed by atoms with Crippen LogP contribution in [-0.2, 0) is 9.05 Å². The molecule has 1 rings (SSSR count). The molecule has 0 radical (unpaired) electrons. The third-order valence-corrected chi connectivity index (χ3v) is 5.76. The van der Waals surface area contributed by atoms with Gasteiger partial charge in [0.25, 0.3) is 0 Å². The molecule has 0 heterocycles. The molecular weight excluding hydrogens is 293 g/mol. The van der Waals surface area contributed by atoms with Gasteiger partial charge in [-0.25, -0.2) is 0 Å². The van der Waals surface area contributed by atoms with Crippen molar-refractivity contribution in [1.82, 2.24) is 0 Å². The molecule has 0 spiro atoms. The quantitative estimate of drug-likeness (QED) is 0.371. The van der Waals surface area contributed by atoms with Crippen molar-refractivity contribution in [1.29, 1.82) is 0 Å². The molecule has 1 aromatic rings. The molecule has 0 aromatic heterocycles. The van der Waals surface area contributed by atoms with Crippen molar-refractivity contribution in [2.24, 2.45) is 0 Å². The molecule has 0 aliphatic heterocycles. The molecule has 0 amide bonds. The zero-order chi connectivity index (χ0) is 16.2. The molecule has 1 aromatic carbocycles. The standard InChI is InChI=1S/C18H32NO2P/c1-5-8-9-10-15-18(22(20-6-2)21-7-3)16-13-11-12-14-17(16)19-4/h11-14,18-19H,5-10,15H2,1-4H3. The number of benzene rings is 1. The maximum Gasteiger partial charge on any atom is 0.178 e. The lowest BCUT2D eigenvalue weighted by molar-refractivity contribution is 0.260. The molecule has 0 saturated heterocycles. The molecule has 0 fully saturated rings. The minimum atomic E-state index is -0.883. The molecule has 1 N–H and O–H groups in total. The van der Waals surface area contributed by atoms with Gasteiger partial charge >= 0.3 is 0 Å². The summed E-state index contributed by atoms with van der Waals surface area (Å²) in [6, 6.07) is 8.54. The van der Waals surface area contributed by atoms with Gasteiger partial charge in [-0.3, -0.25) is 0 Å². The van der Waals surface area contributed by atoms with E-state index in [0.717, 1.165) is 6.42 Å². The molecule has 0 bridgehead atoms. The second kappa shape index (κ2) is 11.9. The van der Waals surface area contributed by atoms with E-state index in [1.165, 1.54) is 36.9 Å². The number of rotatable bonds is 12. The zero-order valence-electron chi connectivity index (χ0n) is 14.6. The molecule has 0 saturated carbocycles. The third kappa shape index (κ3) is 6.24. The van der Waals surface area contributed by atoms with Crippen molar-refractivity contribution in [2.45, 2.75) is 58.5 Å². The molecule has 0 aliphatic carbocycles. The average Bonchev–Trinajstić information content (AvgIpc) is 2.55. The molecule has 126 valence electrons. The van der Waals surface area contributed by atoms with E-state index in [-0.39, 0.29) is 0 Å². The van der Waals surface area contributed by atoms with Gasteiger partial charge in [-0.05, 0) is 31.9 Å². The predicted octanol–water partition coefficient (Wildman–Crippen LogP) is 6.12. The van der Waals surface area contributed by atoms with E-state index in [2.05, 4.69) is 36.5 Å². The second-order valence-electron chi connectivity index (χ2n) is 5.32. The number of para-hydroxylation sites is 1. The molecular formula is C18H32NO2P. The van der Waals surface area contributed by atoms with Crippen molar-refractivity contribution in [3.8, 4) is 0 Å². The lowest BCUT2D eigenvalue weighted by Crippen LogP contribution is -2.06. The normalized spacial score (nSPS) is 12.6. The van der Waals surface area contributed by atoms with Crippen LogP contribution in [0.1, 0.15) is 64.1 Å². The van der Waals surface area contributed by atoms with Crippen LogP contribution in [0.15, 0.2) is 24.3 Å². The van der Waals surface area contributed by atoms with Gasteiger partial charge in [0.05, 0.1) is 18.9 Å². The maximum absolute atomic E-state index is 5.97. The summed E-state index contributed by atoms with van der Waals surface area (Å²) in [5, 5.41) is 3.32. The fourth-order valence-electron chi connectivity index (χ4n) is 2.63. The Morgan fingerprint density at radius 2 is 1.68 bits per heavy atom. The lowest BCUT2D eigenvalue weighted by atomic mass is 10.0. The Hall–Kier alpha value is -0.630. The van der Waals surface area contributed by atoms with E-state index < -0.39 is 8.38 Å². The smallest absolute Gasteiger partial charge is 0.178 e. The monoisotopic (exact) mass is 325 g/mol. The lowest BCUT2D eigenvalue weighted by Gasteiger charge is -2.27. The summed E-state index contributed by atoms with van der Waals surface area (Å²) in [6.45, 7) is 7.76. The Labute approximate surface area is 137 Å². The van der Waals surface area contributed by atoms with Crippen molar-refractivity contribution in [3.05, 3.63) is 29.8 Å². The van der Waals surface area contributed by atoms with Crippen LogP contribution < -0.4 is 5.32 Å². The van der Waals surface area contributed by atoms with E-state index in [4.69, 9.17) is 9.05 Å². The number of hydrogen-bond acceptors (Lipinski definition) is 3. The largest absolute Gasteiger partial charge is 0.388 e. The van der Waals surface area contributed by atoms with Crippen LogP contribution in [0.4, 0.5) is 5.69 Å². The van der Waals surface area contributed by atoms with Crippen LogP contribution in [-0.4, -0.2) is 20.3 Å². The molecule has 3 nitrogen and oxygen atoms in total. The van der Waals surface area contributed by atoms with Crippen molar-refractivity contribution in [3.63, 3.8) is 0 Å². The highest BCUT2D eigenvalue weighted by molar-refractivity contribution is 7.47. The van der Waals surface area contributed by atoms with Gasteiger partial charge in [0.1, 0.15) is 0 Å². The summed E-state index contributed by atoms with van der Waals surface area (Å²) < 4.78 is 11.9. The van der Waals surface area contributed by atoms with E-state index in [1.54, 1.807) is 0 Å². The van der Waals surface area contributed by atoms with Crippen molar-refractivity contribution < 1.29 is 9.05 Å². The third-order valence-electron chi connectivity index (χ3n) is 3.69. The van der Waals surface area contributed by atoms with Gasteiger partial charge in [-0.2, -0.15) is 0 Å². The van der Waals surface area contributed by atoms with Gasteiger partial charge in [-0.15, -0.1) is 0 Å². The second-order valence-corrected chi connectivity index (χ2v) is 7.03. The van der Waals surface area contributed by atoms with E-state index in [9.17, 15) is 0 Å². The van der Waals surface area contributed by atoms with Crippen molar-refractivity contribution in [2.75, 3.05) is 25.6 Å². The van der Waals surface area contributed by atoms with Gasteiger partial charge in [-0.1, -0.05) is 50.8 Å². The summed E-state index contributed by atoms with van der Waals surface area (Å²) in [7, 11) is 1.10. The van der Waals surface area contributed by atoms with Crippen LogP contribution in [0.25, 0.3) is 0 Å². The Morgan fingerprint density at radius 1 is 1.00 bits per heavy atom. The Morgan fingerprint density at radius 3 is 2.27 bits per heavy atom. The molecule has 22 heavy (non-hydrogen) atoms. The van der Waals surface area contributed by atoms with E-state index in [0.29, 0.717) is 18.9 Å². The summed E-state index contributed by atoms with van der Waals surface area (Å²) in [4.78, 5) is 0. The number of unbranched alkanes of at least 4 members (excludes halogenated alkanes) is 3. The minimum Gasteiger partial charge on any atom is -0.388 e. The van der Waals surface area contributed by atoms with Crippen LogP contribution in [0.5, 0.6) is 0 Å². The Bertz CT molecular complexity index is 394. The molecule has 0 aliphatic rings. The average molecular weight is 325 g/mol. The SMILES string of the molecule is CCCCCCC(c1ccccc1NC)P(OCC)OCC. The summed E-state index contributed by atoms with van der Waals surface area (Å²) in [5.74, 6) is 0. The zero-order valence-corrected chi connectivity index (χ0v) is 15.5. The Balaban J connectivity index is 2.92. The van der Waals surface area contributed by atoms with Crippen LogP contribution in [0, 0.1) is 0 Å². The molecule has 4 heteroatoms. The van der Waals surface area contributed by atoms with Crippen LogP contribution in [0.3, 0.4) is 0 Å². The first-order chi connectivity index (χ1) is 10.8.